The van der Waals surface area contributed by atoms with Gasteiger partial charge in [0.2, 0.25) is 0 Å². The number of esters is 1. The van der Waals surface area contributed by atoms with Crippen LogP contribution in [-0.2, 0) is 23.8 Å². The Balaban J connectivity index is 0. The van der Waals surface area contributed by atoms with E-state index in [2.05, 4.69) is 50.5 Å². The molecule has 0 heterocycles. The van der Waals surface area contributed by atoms with E-state index in [1.807, 2.05) is 19.3 Å². The summed E-state index contributed by atoms with van der Waals surface area (Å²) in [5.41, 5.74) is 1.05. The molecule has 1 atom stereocenters. The number of carbonyl (C=O) groups excluding carboxylic acids is 2. The van der Waals surface area contributed by atoms with E-state index in [-0.39, 0.29) is 12.1 Å². The van der Waals surface area contributed by atoms with Crippen LogP contribution in [0.15, 0.2) is 37.0 Å². The van der Waals surface area contributed by atoms with Gasteiger partial charge in [-0.25, -0.2) is 0 Å². The van der Waals surface area contributed by atoms with Gasteiger partial charge in [0.1, 0.15) is 12.4 Å². The van der Waals surface area contributed by atoms with E-state index in [1.165, 1.54) is 167 Å². The molecule has 0 aromatic heterocycles. The number of hydrogen-bond donors (Lipinski definition) is 1. The highest BCUT2D eigenvalue weighted by Crippen LogP contribution is 2.17. The average molecular weight is 936 g/mol. The van der Waals surface area contributed by atoms with Crippen molar-refractivity contribution in [3.05, 3.63) is 37.0 Å². The predicted molar refractivity (Wildman–Crippen MR) is 287 cm³/mol. The molecule has 0 amide bonds. The number of nitrogens with one attached hydrogen (secondary N) is 1. The van der Waals surface area contributed by atoms with Gasteiger partial charge in [0, 0.05) is 32.2 Å². The number of ether oxygens (including phenoxy) is 3. The molecule has 384 valence electrons. The Morgan fingerprint density at radius 1 is 0.615 bits per heavy atom. The zero-order chi connectivity index (χ0) is 47.9. The number of allylic oxidation sites excluding steroid dienone is 2. The molecular formula is C57H110N2O5S. The number of unbranched alkanes of at least 4 members (excludes halogenated alkanes) is 24. The summed E-state index contributed by atoms with van der Waals surface area (Å²) >= 11 is 1.73. The fourth-order valence-corrected chi connectivity index (χ4v) is 8.76. The summed E-state index contributed by atoms with van der Waals surface area (Å²) in [7, 11) is 1.89. The van der Waals surface area contributed by atoms with Crippen LogP contribution < -0.4 is 4.72 Å². The van der Waals surface area contributed by atoms with Crippen molar-refractivity contribution < 1.29 is 23.8 Å². The molecule has 0 aromatic carbocycles. The first-order chi connectivity index (χ1) is 31.9. The number of carbonyl (C=O) groups is 2. The molecular weight excluding hydrogens is 825 g/mol. The topological polar surface area (TPSA) is 77.1 Å². The minimum Gasteiger partial charge on any atom is -0.462 e. The summed E-state index contributed by atoms with van der Waals surface area (Å²) < 4.78 is 20.6. The van der Waals surface area contributed by atoms with Gasteiger partial charge in [0.25, 0.3) is 0 Å². The Morgan fingerprint density at radius 2 is 1.09 bits per heavy atom. The largest absolute Gasteiger partial charge is 0.462 e. The third-order valence-electron chi connectivity index (χ3n) is 12.4. The van der Waals surface area contributed by atoms with Crippen molar-refractivity contribution in [2.75, 3.05) is 52.3 Å². The molecule has 8 heteroatoms. The Labute approximate surface area is 409 Å². The molecule has 0 aliphatic heterocycles. The van der Waals surface area contributed by atoms with Crippen LogP contribution in [0.4, 0.5) is 0 Å². The number of methoxy groups -OCH3 is 1. The van der Waals surface area contributed by atoms with E-state index < -0.39 is 0 Å². The summed E-state index contributed by atoms with van der Waals surface area (Å²) in [5, 5.41) is 0. The highest BCUT2D eigenvalue weighted by Gasteiger charge is 2.13. The lowest BCUT2D eigenvalue weighted by Crippen LogP contribution is -2.29. The van der Waals surface area contributed by atoms with Gasteiger partial charge in [0.05, 0.1) is 19.3 Å². The highest BCUT2D eigenvalue weighted by molar-refractivity contribution is 7.97. The zero-order valence-corrected chi connectivity index (χ0v) is 44.8. The molecule has 0 fully saturated rings. The quantitative estimate of drug-likeness (QED) is 0.0213. The molecule has 0 rings (SSSR count). The maximum Gasteiger partial charge on any atom is 0.306 e. The second-order valence-electron chi connectivity index (χ2n) is 18.5. The van der Waals surface area contributed by atoms with E-state index >= 15 is 0 Å². The van der Waals surface area contributed by atoms with E-state index in [9.17, 15) is 9.59 Å². The van der Waals surface area contributed by atoms with Crippen molar-refractivity contribution in [1.29, 1.82) is 0 Å². The van der Waals surface area contributed by atoms with Gasteiger partial charge >= 0.3 is 5.97 Å². The van der Waals surface area contributed by atoms with E-state index in [0.717, 1.165) is 88.7 Å². The Hall–Kier alpha value is -1.45. The minimum absolute atomic E-state index is 0.00281. The molecule has 0 bridgehead atoms. The first-order valence-corrected chi connectivity index (χ1v) is 28.7. The molecule has 1 unspecified atom stereocenters. The normalized spacial score (nSPS) is 12.1. The van der Waals surface area contributed by atoms with Crippen LogP contribution in [-0.4, -0.2) is 81.6 Å². The van der Waals surface area contributed by atoms with E-state index in [1.54, 1.807) is 18.0 Å². The first kappa shape index (κ1) is 65.6. The molecule has 0 saturated heterocycles. The second-order valence-corrected chi connectivity index (χ2v) is 19.4. The smallest absolute Gasteiger partial charge is 0.306 e. The average Bonchev–Trinajstić information content (AvgIpc) is 3.31. The lowest BCUT2D eigenvalue weighted by molar-refractivity contribution is -0.149. The number of rotatable bonds is 52. The fraction of sp³-hybridized carbons (Fsp3) is 0.860. The lowest BCUT2D eigenvalue weighted by Gasteiger charge is -2.22. The summed E-state index contributed by atoms with van der Waals surface area (Å²) in [6, 6.07) is 0. The zero-order valence-electron chi connectivity index (χ0n) is 44.0. The highest BCUT2D eigenvalue weighted by atomic mass is 32.2. The molecule has 0 aromatic rings. The number of hydrogen-bond acceptors (Lipinski definition) is 8. The van der Waals surface area contributed by atoms with Gasteiger partial charge < -0.3 is 23.9 Å². The SMILES string of the molecule is C=C/C=C(\C=C)COCCSNCCCN(CCCCCCCC=O)CCCCCCCC(=O)OC(CC)CCCCCCCC.CCCCCCCCC(CCCCCCCC)OC. The summed E-state index contributed by atoms with van der Waals surface area (Å²) in [5.74, 6) is 0.916. The van der Waals surface area contributed by atoms with E-state index in [0.29, 0.717) is 32.2 Å². The Morgan fingerprint density at radius 3 is 1.58 bits per heavy atom. The molecule has 65 heavy (non-hydrogen) atoms. The van der Waals surface area contributed by atoms with Crippen LogP contribution in [0.3, 0.4) is 0 Å². The van der Waals surface area contributed by atoms with Crippen LogP contribution in [0.5, 0.6) is 0 Å². The first-order valence-electron chi connectivity index (χ1n) is 27.7. The minimum atomic E-state index is -0.00281. The monoisotopic (exact) mass is 935 g/mol. The summed E-state index contributed by atoms with van der Waals surface area (Å²) in [6.45, 7) is 22.2. The second kappa shape index (κ2) is 56.9. The lowest BCUT2D eigenvalue weighted by atomic mass is 10.0. The molecule has 0 aliphatic carbocycles. The van der Waals surface area contributed by atoms with Crippen molar-refractivity contribution >= 4 is 24.2 Å². The van der Waals surface area contributed by atoms with Crippen molar-refractivity contribution in [3.8, 4) is 0 Å². The van der Waals surface area contributed by atoms with Gasteiger partial charge in [-0.1, -0.05) is 219 Å². The van der Waals surface area contributed by atoms with Gasteiger partial charge in [-0.2, -0.15) is 0 Å². The number of aldehydes is 1. The van der Waals surface area contributed by atoms with Crippen LogP contribution in [0, 0.1) is 0 Å². The van der Waals surface area contributed by atoms with Gasteiger partial charge in [0.15, 0.2) is 0 Å². The molecule has 1 N–H and O–H groups in total. The molecule has 0 radical (unpaired) electrons. The summed E-state index contributed by atoms with van der Waals surface area (Å²) in [4.78, 5) is 25.5. The summed E-state index contributed by atoms with van der Waals surface area (Å²) in [6.07, 6.45) is 50.0. The van der Waals surface area contributed by atoms with Crippen LogP contribution in [0.25, 0.3) is 0 Å². The third kappa shape index (κ3) is 51.8. The fourth-order valence-electron chi connectivity index (χ4n) is 8.13. The maximum atomic E-state index is 12.4. The van der Waals surface area contributed by atoms with Crippen LogP contribution >= 0.6 is 11.9 Å². The molecule has 0 aliphatic rings. The van der Waals surface area contributed by atoms with Crippen molar-refractivity contribution in [1.82, 2.24) is 9.62 Å². The molecule has 7 nitrogen and oxygen atoms in total. The van der Waals surface area contributed by atoms with E-state index in [4.69, 9.17) is 14.2 Å². The van der Waals surface area contributed by atoms with Gasteiger partial charge in [-0.15, -0.1) is 0 Å². The van der Waals surface area contributed by atoms with Crippen molar-refractivity contribution in [2.45, 2.75) is 265 Å². The van der Waals surface area contributed by atoms with Crippen molar-refractivity contribution in [3.63, 3.8) is 0 Å². The molecule has 0 spiro atoms. The Bertz CT molecular complexity index is 1010. The predicted octanol–water partition coefficient (Wildman–Crippen LogP) is 16.7. The standard InChI is InChI=1S/C39H72N2O4S.C18H38O/c1-5-9-10-11-15-20-27-38(8-4)45-39(43)28-21-16-14-18-23-31-41(30-22-17-12-13-19-24-33-42)32-25-29-40-46-35-34-44-36-37(7-3)26-6-2;1-4-6-8-10-12-14-16-18(19-3)17-15-13-11-9-7-5-2/h6-7,26,33,38,40H,2-3,5,8-25,27-32,34-36H2,1,4H3;18H,4-17H2,1-3H3/b37-26+;. The Kier molecular flexibility index (Phi) is 57.4. The maximum absolute atomic E-state index is 12.4. The van der Waals surface area contributed by atoms with Crippen LogP contribution in [0.2, 0.25) is 0 Å². The van der Waals surface area contributed by atoms with Gasteiger partial charge in [-0.3, -0.25) is 9.52 Å². The number of nitrogens with zero attached hydrogens (tertiary/aromatic N) is 1. The van der Waals surface area contributed by atoms with Crippen molar-refractivity contribution in [2.24, 2.45) is 0 Å². The third-order valence-corrected chi connectivity index (χ3v) is 13.2. The van der Waals surface area contributed by atoms with Crippen LogP contribution in [0.1, 0.15) is 252 Å². The van der Waals surface area contributed by atoms with Gasteiger partial charge in [-0.05, 0) is 89.4 Å². The molecule has 0 saturated carbocycles.